The van der Waals surface area contributed by atoms with Crippen molar-refractivity contribution in [2.75, 3.05) is 12.3 Å². The summed E-state index contributed by atoms with van der Waals surface area (Å²) >= 11 is 0. The van der Waals surface area contributed by atoms with E-state index in [9.17, 15) is 18.3 Å². The number of aromatic nitrogens is 3. The monoisotopic (exact) mass is 404 g/mol. The number of nitrogens with one attached hydrogen (secondary N) is 1. The van der Waals surface area contributed by atoms with E-state index in [1.807, 2.05) is 12.8 Å². The normalized spacial score (nSPS) is 13.6. The summed E-state index contributed by atoms with van der Waals surface area (Å²) in [6.07, 6.45) is -0.880. The number of benzene rings is 1. The van der Waals surface area contributed by atoms with Crippen molar-refractivity contribution in [3.05, 3.63) is 36.2 Å². The summed E-state index contributed by atoms with van der Waals surface area (Å²) in [5.74, 6) is 4.78. The van der Waals surface area contributed by atoms with Crippen LogP contribution in [0.5, 0.6) is 5.75 Å². The van der Waals surface area contributed by atoms with Gasteiger partial charge < -0.3 is 20.6 Å². The SMILES string of the molecule is CCCOc1cnc(N)nc1-c1c[nH]c2ccc(C#CC(C)(O)C(F)(F)F)cc12. The number of halogens is 3. The first kappa shape index (κ1) is 20.5. The minimum Gasteiger partial charge on any atom is -0.490 e. The van der Waals surface area contributed by atoms with Crippen molar-refractivity contribution in [3.63, 3.8) is 0 Å². The lowest BCUT2D eigenvalue weighted by Crippen LogP contribution is -2.40. The fraction of sp³-hybridized carbons (Fsp3) is 0.300. The van der Waals surface area contributed by atoms with Crippen LogP contribution in [0, 0.1) is 11.8 Å². The first-order valence-electron chi connectivity index (χ1n) is 8.81. The van der Waals surface area contributed by atoms with Crippen molar-refractivity contribution in [1.29, 1.82) is 0 Å². The molecule has 152 valence electrons. The second-order valence-electron chi connectivity index (χ2n) is 6.57. The summed E-state index contributed by atoms with van der Waals surface area (Å²) in [5, 5.41) is 10.2. The van der Waals surface area contributed by atoms with Crippen molar-refractivity contribution >= 4 is 16.9 Å². The zero-order chi connectivity index (χ0) is 21.2. The maximum atomic E-state index is 12.8. The van der Waals surface area contributed by atoms with Gasteiger partial charge in [0.2, 0.25) is 11.5 Å². The van der Waals surface area contributed by atoms with E-state index in [-0.39, 0.29) is 5.95 Å². The third-order valence-corrected chi connectivity index (χ3v) is 4.17. The summed E-state index contributed by atoms with van der Waals surface area (Å²) in [4.78, 5) is 11.3. The number of hydrogen-bond acceptors (Lipinski definition) is 5. The molecule has 0 radical (unpaired) electrons. The highest BCUT2D eigenvalue weighted by molar-refractivity contribution is 5.96. The van der Waals surface area contributed by atoms with E-state index >= 15 is 0 Å². The van der Waals surface area contributed by atoms with Gasteiger partial charge in [-0.15, -0.1) is 0 Å². The molecule has 4 N–H and O–H groups in total. The molecule has 3 aromatic rings. The summed E-state index contributed by atoms with van der Waals surface area (Å²) in [5.41, 5.74) is 4.76. The fourth-order valence-corrected chi connectivity index (χ4v) is 2.55. The molecule has 1 aromatic carbocycles. The van der Waals surface area contributed by atoms with E-state index in [0.29, 0.717) is 41.5 Å². The van der Waals surface area contributed by atoms with E-state index in [1.165, 1.54) is 6.20 Å². The molecule has 29 heavy (non-hydrogen) atoms. The quantitative estimate of drug-likeness (QED) is 0.577. The number of nitrogens with zero attached hydrogens (tertiary/aromatic N) is 2. The fourth-order valence-electron chi connectivity index (χ4n) is 2.55. The number of nitrogen functional groups attached to an aromatic ring is 1. The van der Waals surface area contributed by atoms with Crippen molar-refractivity contribution in [1.82, 2.24) is 15.0 Å². The van der Waals surface area contributed by atoms with Crippen LogP contribution in [0.4, 0.5) is 19.1 Å². The molecule has 2 aromatic heterocycles. The Balaban J connectivity index is 2.07. The average molecular weight is 404 g/mol. The summed E-state index contributed by atoms with van der Waals surface area (Å²) in [7, 11) is 0. The van der Waals surface area contributed by atoms with Crippen molar-refractivity contribution in [2.24, 2.45) is 0 Å². The molecule has 0 fully saturated rings. The molecular formula is C20H19F3N4O2. The Bertz CT molecular complexity index is 1090. The molecule has 0 saturated carbocycles. The maximum Gasteiger partial charge on any atom is 0.428 e. The summed E-state index contributed by atoms with van der Waals surface area (Å²) < 4.78 is 44.1. The highest BCUT2D eigenvalue weighted by atomic mass is 19.4. The van der Waals surface area contributed by atoms with Gasteiger partial charge in [0.05, 0.1) is 12.8 Å². The zero-order valence-corrected chi connectivity index (χ0v) is 15.8. The summed E-state index contributed by atoms with van der Waals surface area (Å²) in [6, 6.07) is 4.86. The number of H-pyrrole nitrogens is 1. The van der Waals surface area contributed by atoms with Gasteiger partial charge in [0.15, 0.2) is 5.75 Å². The smallest absolute Gasteiger partial charge is 0.428 e. The van der Waals surface area contributed by atoms with E-state index in [4.69, 9.17) is 10.5 Å². The largest absolute Gasteiger partial charge is 0.490 e. The number of rotatable bonds is 4. The predicted molar refractivity (Wildman–Crippen MR) is 103 cm³/mol. The molecule has 1 unspecified atom stereocenters. The van der Waals surface area contributed by atoms with Gasteiger partial charge in [0.25, 0.3) is 0 Å². The van der Waals surface area contributed by atoms with Gasteiger partial charge in [0, 0.05) is 28.2 Å². The van der Waals surface area contributed by atoms with Crippen LogP contribution < -0.4 is 10.5 Å². The first-order chi connectivity index (χ1) is 13.6. The van der Waals surface area contributed by atoms with E-state index in [2.05, 4.69) is 20.9 Å². The van der Waals surface area contributed by atoms with Gasteiger partial charge in [-0.3, -0.25) is 0 Å². The molecule has 0 spiro atoms. The van der Waals surface area contributed by atoms with Crippen LogP contribution in [0.15, 0.2) is 30.6 Å². The Hall–Kier alpha value is -3.25. The number of aromatic amines is 1. The minimum absolute atomic E-state index is 0.0652. The number of anilines is 1. The molecule has 0 aliphatic heterocycles. The Morgan fingerprint density at radius 1 is 1.31 bits per heavy atom. The van der Waals surface area contributed by atoms with Gasteiger partial charge in [-0.1, -0.05) is 18.8 Å². The van der Waals surface area contributed by atoms with Crippen molar-refractivity contribution in [3.8, 4) is 28.8 Å². The standard InChI is InChI=1S/C20H19F3N4O2/c1-3-8-29-16-11-26-18(24)27-17(16)14-10-25-15-5-4-12(9-13(14)15)6-7-19(2,28)20(21,22)23/h4-5,9-11,25,28H,3,8H2,1-2H3,(H2,24,26,27). The van der Waals surface area contributed by atoms with Crippen LogP contribution in [0.2, 0.25) is 0 Å². The van der Waals surface area contributed by atoms with Crippen molar-refractivity contribution in [2.45, 2.75) is 32.0 Å². The van der Waals surface area contributed by atoms with Crippen LogP contribution in [0.1, 0.15) is 25.8 Å². The van der Waals surface area contributed by atoms with Gasteiger partial charge in [-0.05, 0) is 31.5 Å². The molecule has 2 heterocycles. The highest BCUT2D eigenvalue weighted by Gasteiger charge is 2.48. The van der Waals surface area contributed by atoms with E-state index in [0.717, 1.165) is 11.9 Å². The molecule has 0 aliphatic carbocycles. The van der Waals surface area contributed by atoms with Gasteiger partial charge in [0.1, 0.15) is 5.69 Å². The third kappa shape index (κ3) is 4.27. The van der Waals surface area contributed by atoms with Crippen LogP contribution in [-0.2, 0) is 0 Å². The summed E-state index contributed by atoms with van der Waals surface area (Å²) in [6.45, 7) is 3.04. The lowest BCUT2D eigenvalue weighted by atomic mass is 10.0. The number of hydrogen-bond donors (Lipinski definition) is 3. The van der Waals surface area contributed by atoms with Crippen LogP contribution in [0.25, 0.3) is 22.2 Å². The first-order valence-corrected chi connectivity index (χ1v) is 8.81. The second-order valence-corrected chi connectivity index (χ2v) is 6.57. The lowest BCUT2D eigenvalue weighted by Gasteiger charge is -2.19. The number of alkyl halides is 3. The zero-order valence-electron chi connectivity index (χ0n) is 15.8. The number of nitrogens with two attached hydrogens (primary N) is 1. The average Bonchev–Trinajstić information content (AvgIpc) is 3.07. The Morgan fingerprint density at radius 3 is 2.76 bits per heavy atom. The van der Waals surface area contributed by atoms with Gasteiger partial charge >= 0.3 is 6.18 Å². The van der Waals surface area contributed by atoms with Crippen LogP contribution in [-0.4, -0.2) is 38.4 Å². The molecular weight excluding hydrogens is 385 g/mol. The topological polar surface area (TPSA) is 97.0 Å². The number of ether oxygens (including phenoxy) is 1. The van der Waals surface area contributed by atoms with Crippen LogP contribution in [0.3, 0.4) is 0 Å². The van der Waals surface area contributed by atoms with Gasteiger partial charge in [-0.2, -0.15) is 13.2 Å². The Labute approximate surface area is 164 Å². The molecule has 0 aliphatic rings. The van der Waals surface area contributed by atoms with Gasteiger partial charge in [-0.25, -0.2) is 9.97 Å². The minimum atomic E-state index is -4.85. The molecule has 3 rings (SSSR count). The Morgan fingerprint density at radius 2 is 2.07 bits per heavy atom. The third-order valence-electron chi connectivity index (χ3n) is 4.17. The number of aliphatic hydroxyl groups is 1. The Kier molecular flexibility index (Phi) is 5.40. The maximum absolute atomic E-state index is 12.8. The second kappa shape index (κ2) is 7.64. The van der Waals surface area contributed by atoms with Crippen LogP contribution >= 0.6 is 0 Å². The number of fused-ring (bicyclic) bond motifs is 1. The molecule has 0 bridgehead atoms. The van der Waals surface area contributed by atoms with E-state index < -0.39 is 11.8 Å². The molecule has 9 heteroatoms. The highest BCUT2D eigenvalue weighted by Crippen LogP contribution is 2.34. The molecule has 6 nitrogen and oxygen atoms in total. The van der Waals surface area contributed by atoms with Crippen molar-refractivity contribution < 1.29 is 23.0 Å². The lowest BCUT2D eigenvalue weighted by molar-refractivity contribution is -0.228. The predicted octanol–water partition coefficient (Wildman–Crippen LogP) is 3.66. The molecule has 0 amide bonds. The van der Waals surface area contributed by atoms with E-state index in [1.54, 1.807) is 24.4 Å². The molecule has 1 atom stereocenters. The molecule has 0 saturated heterocycles.